The Balaban J connectivity index is 1.84. The van der Waals surface area contributed by atoms with E-state index < -0.39 is 17.4 Å². The fourth-order valence-corrected chi connectivity index (χ4v) is 3.62. The second kappa shape index (κ2) is 8.89. The number of hydrogen-bond acceptors (Lipinski definition) is 4. The van der Waals surface area contributed by atoms with E-state index in [4.69, 9.17) is 9.47 Å². The van der Waals surface area contributed by atoms with Crippen LogP contribution in [0.5, 0.6) is 11.5 Å². The molecule has 0 bridgehead atoms. The van der Waals surface area contributed by atoms with Crippen LogP contribution < -0.4 is 9.47 Å². The zero-order chi connectivity index (χ0) is 20.1. The van der Waals surface area contributed by atoms with Crippen molar-refractivity contribution in [3.8, 4) is 11.5 Å². The molecule has 0 aliphatic carbocycles. The molecule has 6 heteroatoms. The molecule has 0 spiro atoms. The molecule has 0 saturated heterocycles. The monoisotopic (exact) mass is 400 g/mol. The lowest BCUT2D eigenvalue weighted by molar-refractivity contribution is 0.101. The molecule has 0 radical (unpaired) electrons. The van der Waals surface area contributed by atoms with Crippen LogP contribution in [0.2, 0.25) is 0 Å². The average molecular weight is 400 g/mol. The Bertz CT molecular complexity index is 991. The first-order valence-electron chi connectivity index (χ1n) is 8.50. The van der Waals surface area contributed by atoms with Crippen LogP contribution in [0.3, 0.4) is 0 Å². The van der Waals surface area contributed by atoms with Crippen LogP contribution in [-0.2, 0) is 6.61 Å². The van der Waals surface area contributed by atoms with E-state index in [0.29, 0.717) is 23.0 Å². The molecule has 0 heterocycles. The van der Waals surface area contributed by atoms with Crippen molar-refractivity contribution in [1.82, 2.24) is 0 Å². The maximum atomic E-state index is 14.3. The Labute approximate surface area is 166 Å². The smallest absolute Gasteiger partial charge is 0.161 e. The van der Waals surface area contributed by atoms with Gasteiger partial charge in [-0.1, -0.05) is 42.1 Å². The largest absolute Gasteiger partial charge is 0.493 e. The second-order valence-electron chi connectivity index (χ2n) is 6.01. The van der Waals surface area contributed by atoms with Crippen LogP contribution in [0.4, 0.5) is 8.78 Å². The Morgan fingerprint density at radius 1 is 1.00 bits per heavy atom. The highest BCUT2D eigenvalue weighted by Crippen LogP contribution is 2.38. The van der Waals surface area contributed by atoms with Gasteiger partial charge >= 0.3 is 0 Å². The summed E-state index contributed by atoms with van der Waals surface area (Å²) in [6, 6.07) is 16.7. The number of halogens is 2. The van der Waals surface area contributed by atoms with Crippen molar-refractivity contribution in [3.05, 3.63) is 83.4 Å². The molecular formula is C22H18F2O3S. The molecule has 0 fully saturated rings. The van der Waals surface area contributed by atoms with Gasteiger partial charge in [-0.2, -0.15) is 0 Å². The first kappa shape index (κ1) is 19.9. The van der Waals surface area contributed by atoms with Crippen molar-refractivity contribution in [2.75, 3.05) is 7.11 Å². The number of benzene rings is 3. The van der Waals surface area contributed by atoms with E-state index in [9.17, 15) is 13.6 Å². The third-order valence-electron chi connectivity index (χ3n) is 3.98. The number of rotatable bonds is 7. The van der Waals surface area contributed by atoms with Gasteiger partial charge in [0.15, 0.2) is 17.3 Å². The predicted octanol–water partition coefficient (Wildman–Crippen LogP) is 5.91. The third-order valence-corrected chi connectivity index (χ3v) is 5.09. The van der Waals surface area contributed by atoms with Crippen molar-refractivity contribution in [3.63, 3.8) is 0 Å². The summed E-state index contributed by atoms with van der Waals surface area (Å²) in [5, 5.41) is 0. The van der Waals surface area contributed by atoms with Crippen molar-refractivity contribution >= 4 is 17.5 Å². The van der Waals surface area contributed by atoms with E-state index in [0.717, 1.165) is 29.5 Å². The highest BCUT2D eigenvalue weighted by Gasteiger charge is 2.17. The Morgan fingerprint density at radius 2 is 1.75 bits per heavy atom. The fourth-order valence-electron chi connectivity index (χ4n) is 2.61. The van der Waals surface area contributed by atoms with Crippen LogP contribution >= 0.6 is 11.8 Å². The number of hydrogen-bond donors (Lipinski definition) is 0. The second-order valence-corrected chi connectivity index (χ2v) is 7.09. The van der Waals surface area contributed by atoms with Gasteiger partial charge in [0.2, 0.25) is 0 Å². The summed E-state index contributed by atoms with van der Waals surface area (Å²) in [5.74, 6) is -0.946. The number of Topliss-reactive ketones (excluding diaryl/α,β-unsaturated/α-hetero) is 1. The number of methoxy groups -OCH3 is 1. The maximum absolute atomic E-state index is 14.3. The van der Waals surface area contributed by atoms with E-state index in [-0.39, 0.29) is 10.5 Å². The Kier molecular flexibility index (Phi) is 6.31. The highest BCUT2D eigenvalue weighted by molar-refractivity contribution is 7.99. The zero-order valence-electron chi connectivity index (χ0n) is 15.4. The molecule has 3 aromatic rings. The van der Waals surface area contributed by atoms with Gasteiger partial charge < -0.3 is 9.47 Å². The van der Waals surface area contributed by atoms with Crippen molar-refractivity contribution in [2.24, 2.45) is 0 Å². The number of ether oxygens (including phenoxy) is 2. The van der Waals surface area contributed by atoms with Gasteiger partial charge in [-0.15, -0.1) is 0 Å². The van der Waals surface area contributed by atoms with Gasteiger partial charge in [0.1, 0.15) is 18.2 Å². The van der Waals surface area contributed by atoms with Crippen LogP contribution in [0.1, 0.15) is 22.8 Å². The van der Waals surface area contributed by atoms with E-state index in [1.807, 2.05) is 30.3 Å². The predicted molar refractivity (Wildman–Crippen MR) is 104 cm³/mol. The lowest BCUT2D eigenvalue weighted by Crippen LogP contribution is -2.00. The summed E-state index contributed by atoms with van der Waals surface area (Å²) < 4.78 is 38.9. The molecule has 0 atom stereocenters. The van der Waals surface area contributed by atoms with Crippen molar-refractivity contribution in [1.29, 1.82) is 0 Å². The molecule has 0 aliphatic rings. The molecular weight excluding hydrogens is 382 g/mol. The number of carbonyl (C=O) groups excluding carboxylic acids is 1. The highest BCUT2D eigenvalue weighted by atomic mass is 32.2. The average Bonchev–Trinajstić information content (AvgIpc) is 2.69. The van der Waals surface area contributed by atoms with E-state index in [1.165, 1.54) is 14.0 Å². The van der Waals surface area contributed by atoms with Gasteiger partial charge in [-0.25, -0.2) is 8.78 Å². The summed E-state index contributed by atoms with van der Waals surface area (Å²) >= 11 is 1.03. The summed E-state index contributed by atoms with van der Waals surface area (Å²) in [6.07, 6.45) is 0. The molecule has 28 heavy (non-hydrogen) atoms. The molecule has 0 aliphatic heterocycles. The SMILES string of the molecule is COc1cc(Sc2c(F)cc(F)cc2C(C)=O)ccc1OCc1ccccc1. The maximum Gasteiger partial charge on any atom is 0.161 e. The number of ketones is 1. The van der Waals surface area contributed by atoms with E-state index >= 15 is 0 Å². The first-order valence-corrected chi connectivity index (χ1v) is 9.32. The minimum Gasteiger partial charge on any atom is -0.493 e. The van der Waals surface area contributed by atoms with Crippen molar-refractivity contribution in [2.45, 2.75) is 23.3 Å². The lowest BCUT2D eigenvalue weighted by atomic mass is 10.1. The van der Waals surface area contributed by atoms with Crippen LogP contribution in [0, 0.1) is 11.6 Å². The third kappa shape index (κ3) is 4.70. The van der Waals surface area contributed by atoms with Crippen LogP contribution in [0.15, 0.2) is 70.5 Å². The lowest BCUT2D eigenvalue weighted by Gasteiger charge is -2.13. The number of carbonyl (C=O) groups is 1. The summed E-state index contributed by atoms with van der Waals surface area (Å²) in [7, 11) is 1.51. The molecule has 0 N–H and O–H groups in total. The molecule has 0 unspecified atom stereocenters. The minimum absolute atomic E-state index is 0.00544. The van der Waals surface area contributed by atoms with Gasteiger partial charge in [-0.05, 0) is 36.8 Å². The summed E-state index contributed by atoms with van der Waals surface area (Å²) in [6.45, 7) is 1.66. The molecule has 0 amide bonds. The topological polar surface area (TPSA) is 35.5 Å². The van der Waals surface area contributed by atoms with Gasteiger partial charge in [-0.3, -0.25) is 4.79 Å². The molecule has 3 nitrogen and oxygen atoms in total. The van der Waals surface area contributed by atoms with E-state index in [2.05, 4.69) is 0 Å². The van der Waals surface area contributed by atoms with Crippen LogP contribution in [-0.4, -0.2) is 12.9 Å². The Morgan fingerprint density at radius 3 is 2.43 bits per heavy atom. The Hall–Kier alpha value is -2.86. The molecule has 0 aromatic heterocycles. The molecule has 0 saturated carbocycles. The van der Waals surface area contributed by atoms with Crippen molar-refractivity contribution < 1.29 is 23.0 Å². The van der Waals surface area contributed by atoms with Crippen LogP contribution in [0.25, 0.3) is 0 Å². The van der Waals surface area contributed by atoms with E-state index in [1.54, 1.807) is 18.2 Å². The summed E-state index contributed by atoms with van der Waals surface area (Å²) in [4.78, 5) is 12.5. The van der Waals surface area contributed by atoms with Gasteiger partial charge in [0.05, 0.1) is 12.0 Å². The molecule has 3 aromatic carbocycles. The zero-order valence-corrected chi connectivity index (χ0v) is 16.2. The van der Waals surface area contributed by atoms with Gasteiger partial charge in [0, 0.05) is 16.5 Å². The normalized spacial score (nSPS) is 10.6. The summed E-state index contributed by atoms with van der Waals surface area (Å²) in [5.41, 5.74) is 1.02. The standard InChI is InChI=1S/C22H18F2O3S/c1-14(25)18-10-16(23)11-19(24)22(18)28-17-8-9-20(21(12-17)26-2)27-13-15-6-4-3-5-7-15/h3-12H,13H2,1-2H3. The first-order chi connectivity index (χ1) is 13.5. The molecule has 3 rings (SSSR count). The quantitative estimate of drug-likeness (QED) is 0.462. The minimum atomic E-state index is -0.783. The molecule has 144 valence electrons. The fraction of sp³-hybridized carbons (Fsp3) is 0.136. The van der Waals surface area contributed by atoms with Gasteiger partial charge in [0.25, 0.3) is 0 Å².